The molecule has 3 aromatic carbocycles. The molecule has 1 aliphatic rings. The molecule has 23 heavy (non-hydrogen) atoms. The molecule has 114 valence electrons. The Morgan fingerprint density at radius 1 is 0.783 bits per heavy atom. The Balaban J connectivity index is 2.04. The zero-order chi connectivity index (χ0) is 15.6. The van der Waals surface area contributed by atoms with Crippen molar-refractivity contribution in [3.05, 3.63) is 72.3 Å². The maximum Gasteiger partial charge on any atom is 0.231 e. The molecule has 0 spiro atoms. The van der Waals surface area contributed by atoms with Crippen LogP contribution in [0.1, 0.15) is 12.5 Å². The highest BCUT2D eigenvalue weighted by molar-refractivity contribution is 5.90. The molecule has 0 aromatic heterocycles. The van der Waals surface area contributed by atoms with Gasteiger partial charge in [-0.3, -0.25) is 0 Å². The first-order chi connectivity index (χ1) is 11.4. The number of fused-ring (bicyclic) bond motifs is 1. The van der Waals surface area contributed by atoms with E-state index in [2.05, 4.69) is 61.5 Å². The van der Waals surface area contributed by atoms with Gasteiger partial charge in [-0.15, -0.1) is 0 Å². The SMILES string of the molecule is CCc1cc(-c2ccccc2)c(-c2ccccc2)c2c1OCO2. The largest absolute Gasteiger partial charge is 0.453 e. The Hall–Kier alpha value is -2.74. The lowest BCUT2D eigenvalue weighted by Crippen LogP contribution is -1.94. The van der Waals surface area contributed by atoms with Gasteiger partial charge in [-0.1, -0.05) is 67.6 Å². The minimum Gasteiger partial charge on any atom is -0.453 e. The topological polar surface area (TPSA) is 18.5 Å². The van der Waals surface area contributed by atoms with Crippen molar-refractivity contribution in [2.45, 2.75) is 13.3 Å². The predicted molar refractivity (Wildman–Crippen MR) is 92.8 cm³/mol. The number of ether oxygens (including phenoxy) is 2. The molecule has 0 atom stereocenters. The van der Waals surface area contributed by atoms with Gasteiger partial charge in [0.05, 0.1) is 0 Å². The van der Waals surface area contributed by atoms with Gasteiger partial charge < -0.3 is 9.47 Å². The summed E-state index contributed by atoms with van der Waals surface area (Å²) >= 11 is 0. The van der Waals surface area contributed by atoms with E-state index in [1.165, 1.54) is 16.7 Å². The Labute approximate surface area is 136 Å². The van der Waals surface area contributed by atoms with Crippen molar-refractivity contribution in [1.82, 2.24) is 0 Å². The highest BCUT2D eigenvalue weighted by atomic mass is 16.7. The molecule has 0 unspecified atom stereocenters. The molecule has 2 heteroatoms. The van der Waals surface area contributed by atoms with Crippen molar-refractivity contribution in [3.8, 4) is 33.8 Å². The molecule has 0 radical (unpaired) electrons. The van der Waals surface area contributed by atoms with Gasteiger partial charge in [0.1, 0.15) is 0 Å². The first-order valence-electron chi connectivity index (χ1n) is 7.94. The van der Waals surface area contributed by atoms with E-state index in [1.807, 2.05) is 12.1 Å². The van der Waals surface area contributed by atoms with Crippen molar-refractivity contribution in [2.75, 3.05) is 6.79 Å². The lowest BCUT2D eigenvalue weighted by atomic mass is 9.90. The fourth-order valence-corrected chi connectivity index (χ4v) is 3.14. The normalized spacial score (nSPS) is 12.4. The Morgan fingerprint density at radius 3 is 2.04 bits per heavy atom. The van der Waals surface area contributed by atoms with E-state index in [4.69, 9.17) is 9.47 Å². The van der Waals surface area contributed by atoms with Crippen LogP contribution in [0.4, 0.5) is 0 Å². The van der Waals surface area contributed by atoms with Crippen LogP contribution in [0.15, 0.2) is 66.7 Å². The average Bonchev–Trinajstić information content (AvgIpc) is 3.11. The van der Waals surface area contributed by atoms with E-state index >= 15 is 0 Å². The van der Waals surface area contributed by atoms with Crippen LogP contribution >= 0.6 is 0 Å². The molecule has 0 fully saturated rings. The molecule has 1 aliphatic heterocycles. The van der Waals surface area contributed by atoms with E-state index in [-0.39, 0.29) is 0 Å². The van der Waals surface area contributed by atoms with Crippen LogP contribution in [0.25, 0.3) is 22.3 Å². The Kier molecular flexibility index (Phi) is 3.51. The summed E-state index contributed by atoms with van der Waals surface area (Å²) in [5.41, 5.74) is 5.84. The van der Waals surface area contributed by atoms with Crippen LogP contribution in [0.5, 0.6) is 11.5 Å². The van der Waals surface area contributed by atoms with E-state index in [9.17, 15) is 0 Å². The quantitative estimate of drug-likeness (QED) is 0.652. The van der Waals surface area contributed by atoms with Crippen LogP contribution in [0, 0.1) is 0 Å². The summed E-state index contributed by atoms with van der Waals surface area (Å²) in [6.45, 7) is 2.44. The van der Waals surface area contributed by atoms with Crippen molar-refractivity contribution >= 4 is 0 Å². The van der Waals surface area contributed by atoms with Gasteiger partial charge >= 0.3 is 0 Å². The lowest BCUT2D eigenvalue weighted by Gasteiger charge is -2.16. The molecule has 0 bridgehead atoms. The van der Waals surface area contributed by atoms with Crippen molar-refractivity contribution in [1.29, 1.82) is 0 Å². The summed E-state index contributed by atoms with van der Waals surface area (Å²) in [7, 11) is 0. The first-order valence-corrected chi connectivity index (χ1v) is 7.94. The number of rotatable bonds is 3. The first kappa shape index (κ1) is 13.9. The Bertz CT molecular complexity index is 823. The van der Waals surface area contributed by atoms with Gasteiger partial charge in [-0.05, 0) is 34.7 Å². The fraction of sp³-hybridized carbons (Fsp3) is 0.143. The summed E-state index contributed by atoms with van der Waals surface area (Å²) in [6, 6.07) is 23.1. The molecule has 0 amide bonds. The van der Waals surface area contributed by atoms with Crippen LogP contribution in [-0.4, -0.2) is 6.79 Å². The van der Waals surface area contributed by atoms with Gasteiger partial charge in [0.2, 0.25) is 6.79 Å². The van der Waals surface area contributed by atoms with Gasteiger partial charge in [-0.25, -0.2) is 0 Å². The van der Waals surface area contributed by atoms with Crippen LogP contribution in [0.2, 0.25) is 0 Å². The lowest BCUT2D eigenvalue weighted by molar-refractivity contribution is 0.173. The van der Waals surface area contributed by atoms with Gasteiger partial charge in [0.25, 0.3) is 0 Å². The molecule has 0 N–H and O–H groups in total. The summed E-state index contributed by atoms with van der Waals surface area (Å²) in [4.78, 5) is 0. The second-order valence-corrected chi connectivity index (χ2v) is 5.61. The van der Waals surface area contributed by atoms with Crippen molar-refractivity contribution in [3.63, 3.8) is 0 Å². The van der Waals surface area contributed by atoms with E-state index in [1.54, 1.807) is 0 Å². The van der Waals surface area contributed by atoms with Crippen LogP contribution < -0.4 is 9.47 Å². The van der Waals surface area contributed by atoms with E-state index < -0.39 is 0 Å². The van der Waals surface area contributed by atoms with E-state index in [0.29, 0.717) is 6.79 Å². The molecule has 3 aromatic rings. The third kappa shape index (κ3) is 2.36. The number of hydrogen-bond acceptors (Lipinski definition) is 2. The molecular formula is C21H18O2. The van der Waals surface area contributed by atoms with Crippen LogP contribution in [0.3, 0.4) is 0 Å². The molecule has 4 rings (SSSR count). The third-order valence-electron chi connectivity index (χ3n) is 4.25. The molecule has 1 heterocycles. The monoisotopic (exact) mass is 302 g/mol. The van der Waals surface area contributed by atoms with Gasteiger partial charge in [-0.2, -0.15) is 0 Å². The summed E-state index contributed by atoms with van der Waals surface area (Å²) in [6.07, 6.45) is 0.917. The molecule has 0 saturated heterocycles. The molecule has 2 nitrogen and oxygen atoms in total. The fourth-order valence-electron chi connectivity index (χ4n) is 3.14. The maximum atomic E-state index is 5.87. The number of benzene rings is 3. The average molecular weight is 302 g/mol. The second-order valence-electron chi connectivity index (χ2n) is 5.61. The minimum absolute atomic E-state index is 0.292. The van der Waals surface area contributed by atoms with Crippen molar-refractivity contribution in [2.24, 2.45) is 0 Å². The molecular weight excluding hydrogens is 284 g/mol. The predicted octanol–water partition coefficient (Wildman–Crippen LogP) is 5.31. The highest BCUT2D eigenvalue weighted by Crippen LogP contribution is 2.49. The number of aryl methyl sites for hydroxylation is 1. The van der Waals surface area contributed by atoms with Crippen LogP contribution in [-0.2, 0) is 6.42 Å². The van der Waals surface area contributed by atoms with Crippen molar-refractivity contribution < 1.29 is 9.47 Å². The minimum atomic E-state index is 0.292. The number of hydrogen-bond donors (Lipinski definition) is 0. The smallest absolute Gasteiger partial charge is 0.231 e. The summed E-state index contributed by atoms with van der Waals surface area (Å²) in [5.74, 6) is 1.76. The maximum absolute atomic E-state index is 5.87. The highest BCUT2D eigenvalue weighted by Gasteiger charge is 2.25. The molecule has 0 saturated carbocycles. The summed E-state index contributed by atoms with van der Waals surface area (Å²) < 4.78 is 11.6. The zero-order valence-corrected chi connectivity index (χ0v) is 13.1. The van der Waals surface area contributed by atoms with Gasteiger partial charge in [0.15, 0.2) is 11.5 Å². The van der Waals surface area contributed by atoms with E-state index in [0.717, 1.165) is 29.0 Å². The second kappa shape index (κ2) is 5.81. The van der Waals surface area contributed by atoms with Gasteiger partial charge in [0, 0.05) is 5.56 Å². The zero-order valence-electron chi connectivity index (χ0n) is 13.1. The Morgan fingerprint density at radius 2 is 1.39 bits per heavy atom. The third-order valence-corrected chi connectivity index (χ3v) is 4.25. The molecule has 0 aliphatic carbocycles. The summed E-state index contributed by atoms with van der Waals surface area (Å²) in [5, 5.41) is 0. The standard InChI is InChI=1S/C21H18O2/c1-2-15-13-18(16-9-5-3-6-10-16)19(17-11-7-4-8-12-17)21-20(15)22-14-23-21/h3-13H,2,14H2,1H3.